The van der Waals surface area contributed by atoms with Crippen molar-refractivity contribution in [3.8, 4) is 11.5 Å². The highest BCUT2D eigenvalue weighted by Crippen LogP contribution is 2.31. The first kappa shape index (κ1) is 14.4. The summed E-state index contributed by atoms with van der Waals surface area (Å²) >= 11 is 1.52. The zero-order valence-corrected chi connectivity index (χ0v) is 11.9. The summed E-state index contributed by atoms with van der Waals surface area (Å²) in [6.07, 6.45) is 1.93. The minimum atomic E-state index is -0.0167. The van der Waals surface area contributed by atoms with Crippen molar-refractivity contribution in [1.29, 1.82) is 5.41 Å². The highest BCUT2D eigenvalue weighted by Gasteiger charge is 2.12. The van der Waals surface area contributed by atoms with Gasteiger partial charge >= 0.3 is 0 Å². The van der Waals surface area contributed by atoms with E-state index in [0.29, 0.717) is 17.1 Å². The first-order valence-electron chi connectivity index (χ1n) is 6.04. The number of benzene rings is 2. The van der Waals surface area contributed by atoms with Gasteiger partial charge in [-0.25, -0.2) is 0 Å². The summed E-state index contributed by atoms with van der Waals surface area (Å²) in [5, 5.41) is 16.7. The van der Waals surface area contributed by atoms with Gasteiger partial charge in [-0.05, 0) is 36.1 Å². The Morgan fingerprint density at radius 3 is 2.50 bits per heavy atom. The van der Waals surface area contributed by atoms with Gasteiger partial charge in [0, 0.05) is 4.90 Å². The minimum absolute atomic E-state index is 0.000928. The number of rotatable bonds is 5. The molecule has 0 saturated heterocycles. The molecule has 0 heterocycles. The van der Waals surface area contributed by atoms with Crippen molar-refractivity contribution in [1.82, 2.24) is 0 Å². The van der Waals surface area contributed by atoms with E-state index in [1.165, 1.54) is 11.8 Å². The van der Waals surface area contributed by atoms with E-state index in [4.69, 9.17) is 21.0 Å². The Bertz CT molecular complexity index is 612. The van der Waals surface area contributed by atoms with Crippen LogP contribution in [0.5, 0.6) is 11.5 Å². The number of amidine groups is 1. The van der Waals surface area contributed by atoms with Gasteiger partial charge in [0.25, 0.3) is 0 Å². The maximum Gasteiger partial charge on any atom is 0.139 e. The molecule has 0 spiro atoms. The van der Waals surface area contributed by atoms with E-state index >= 15 is 0 Å². The molecular formula is C15H16N2O2S. The molecule has 2 aromatic rings. The number of hydrogen-bond acceptors (Lipinski definition) is 4. The van der Waals surface area contributed by atoms with Crippen LogP contribution in [-0.2, 0) is 6.61 Å². The number of thioether (sulfide) groups is 1. The number of nitrogen functional groups attached to an aromatic ring is 1. The first-order valence-corrected chi connectivity index (χ1v) is 7.27. The van der Waals surface area contributed by atoms with E-state index in [-0.39, 0.29) is 12.4 Å². The average Bonchev–Trinajstić information content (AvgIpc) is 2.47. The van der Waals surface area contributed by atoms with Crippen LogP contribution in [0.25, 0.3) is 0 Å². The van der Waals surface area contributed by atoms with Gasteiger partial charge in [0.2, 0.25) is 0 Å². The van der Waals surface area contributed by atoms with Gasteiger partial charge in [-0.3, -0.25) is 5.41 Å². The molecule has 20 heavy (non-hydrogen) atoms. The Labute approximate surface area is 122 Å². The van der Waals surface area contributed by atoms with Crippen molar-refractivity contribution in [3.63, 3.8) is 0 Å². The molecule has 2 rings (SSSR count). The van der Waals surface area contributed by atoms with Gasteiger partial charge in [-0.1, -0.05) is 18.2 Å². The smallest absolute Gasteiger partial charge is 0.139 e. The quantitative estimate of drug-likeness (QED) is 0.449. The lowest BCUT2D eigenvalue weighted by Gasteiger charge is -2.13. The van der Waals surface area contributed by atoms with Crippen molar-refractivity contribution in [3.05, 3.63) is 53.6 Å². The summed E-state index contributed by atoms with van der Waals surface area (Å²) < 4.78 is 5.80. The Hall–Kier alpha value is -1.98. The van der Waals surface area contributed by atoms with Gasteiger partial charge < -0.3 is 15.6 Å². The minimum Gasteiger partial charge on any atom is -0.457 e. The van der Waals surface area contributed by atoms with Crippen LogP contribution in [0, 0.1) is 5.41 Å². The van der Waals surface area contributed by atoms with Gasteiger partial charge in [0.15, 0.2) is 0 Å². The van der Waals surface area contributed by atoms with Crippen LogP contribution in [0.4, 0.5) is 0 Å². The van der Waals surface area contributed by atoms with E-state index in [1.54, 1.807) is 30.3 Å². The van der Waals surface area contributed by atoms with Crippen LogP contribution in [0.3, 0.4) is 0 Å². The SMILES string of the molecule is CSc1cccc(Oc2ccc(CO)cc2)c1C(=N)N. The lowest BCUT2D eigenvalue weighted by Crippen LogP contribution is -2.13. The summed E-state index contributed by atoms with van der Waals surface area (Å²) in [4.78, 5) is 0.905. The first-order chi connectivity index (χ1) is 9.65. The number of aliphatic hydroxyl groups is 1. The third-order valence-corrected chi connectivity index (χ3v) is 3.59. The number of nitrogens with one attached hydrogen (secondary N) is 1. The zero-order chi connectivity index (χ0) is 14.5. The molecule has 0 unspecified atom stereocenters. The molecular weight excluding hydrogens is 272 g/mol. The van der Waals surface area contributed by atoms with E-state index < -0.39 is 0 Å². The third-order valence-electron chi connectivity index (χ3n) is 2.81. The van der Waals surface area contributed by atoms with E-state index in [1.807, 2.05) is 18.4 Å². The van der Waals surface area contributed by atoms with Crippen molar-refractivity contribution in [2.75, 3.05) is 6.26 Å². The predicted molar refractivity (Wildman–Crippen MR) is 81.7 cm³/mol. The number of aliphatic hydroxyl groups excluding tert-OH is 1. The third kappa shape index (κ3) is 3.12. The van der Waals surface area contributed by atoms with Crippen molar-refractivity contribution >= 4 is 17.6 Å². The van der Waals surface area contributed by atoms with E-state index in [2.05, 4.69) is 0 Å². The molecule has 0 aliphatic rings. The van der Waals surface area contributed by atoms with Crippen LogP contribution in [0.15, 0.2) is 47.4 Å². The summed E-state index contributed by atoms with van der Waals surface area (Å²) in [7, 11) is 0. The molecule has 5 heteroatoms. The van der Waals surface area contributed by atoms with Crippen molar-refractivity contribution in [2.24, 2.45) is 5.73 Å². The summed E-state index contributed by atoms with van der Waals surface area (Å²) in [6, 6.07) is 12.7. The molecule has 0 aromatic heterocycles. The van der Waals surface area contributed by atoms with Gasteiger partial charge in [-0.15, -0.1) is 11.8 Å². The topological polar surface area (TPSA) is 79.3 Å². The molecule has 4 N–H and O–H groups in total. The Balaban J connectivity index is 2.34. The molecule has 0 amide bonds. The second-order valence-corrected chi connectivity index (χ2v) is 5.00. The molecule has 0 aliphatic heterocycles. The number of ether oxygens (including phenoxy) is 1. The highest BCUT2D eigenvalue weighted by molar-refractivity contribution is 7.98. The second-order valence-electron chi connectivity index (χ2n) is 4.15. The summed E-state index contributed by atoms with van der Waals surface area (Å²) in [6.45, 7) is 0.000928. The van der Waals surface area contributed by atoms with Crippen molar-refractivity contribution in [2.45, 2.75) is 11.5 Å². The molecule has 0 atom stereocenters. The Kier molecular flexibility index (Phi) is 4.65. The predicted octanol–water partition coefficient (Wildman–Crippen LogP) is 2.98. The molecule has 0 aliphatic carbocycles. The fourth-order valence-corrected chi connectivity index (χ4v) is 2.45. The molecule has 0 saturated carbocycles. The highest BCUT2D eigenvalue weighted by atomic mass is 32.2. The Morgan fingerprint density at radius 2 is 1.95 bits per heavy atom. The standard InChI is InChI=1S/C15H16N2O2S/c1-20-13-4-2-3-12(14(13)15(16)17)19-11-7-5-10(9-18)6-8-11/h2-8,18H,9H2,1H3,(H3,16,17). The molecule has 0 bridgehead atoms. The van der Waals surface area contributed by atoms with Crippen molar-refractivity contribution < 1.29 is 9.84 Å². The molecule has 2 aromatic carbocycles. The van der Waals surface area contributed by atoms with E-state index in [9.17, 15) is 0 Å². The normalized spacial score (nSPS) is 10.3. The molecule has 104 valence electrons. The number of hydrogen-bond donors (Lipinski definition) is 3. The summed E-state index contributed by atoms with van der Waals surface area (Å²) in [5.41, 5.74) is 7.07. The zero-order valence-electron chi connectivity index (χ0n) is 11.1. The van der Waals surface area contributed by atoms with Crippen LogP contribution < -0.4 is 10.5 Å². The Morgan fingerprint density at radius 1 is 1.25 bits per heavy atom. The lowest BCUT2D eigenvalue weighted by molar-refractivity contribution is 0.281. The molecule has 0 fully saturated rings. The largest absolute Gasteiger partial charge is 0.457 e. The van der Waals surface area contributed by atoms with Gasteiger partial charge in [0.05, 0.1) is 12.2 Å². The maximum absolute atomic E-state index is 9.02. The number of nitrogens with two attached hydrogens (primary N) is 1. The van der Waals surface area contributed by atoms with Gasteiger partial charge in [0.1, 0.15) is 17.3 Å². The summed E-state index contributed by atoms with van der Waals surface area (Å²) in [5.74, 6) is 1.18. The lowest BCUT2D eigenvalue weighted by atomic mass is 10.2. The second kappa shape index (κ2) is 6.45. The van der Waals surface area contributed by atoms with Gasteiger partial charge in [-0.2, -0.15) is 0 Å². The van der Waals surface area contributed by atoms with Crippen LogP contribution >= 0.6 is 11.8 Å². The van der Waals surface area contributed by atoms with E-state index in [0.717, 1.165) is 10.5 Å². The fraction of sp³-hybridized carbons (Fsp3) is 0.133. The monoisotopic (exact) mass is 288 g/mol. The molecule has 4 nitrogen and oxygen atoms in total. The average molecular weight is 288 g/mol. The maximum atomic E-state index is 9.02. The van der Waals surface area contributed by atoms with Crippen LogP contribution in [-0.4, -0.2) is 17.2 Å². The molecule has 0 radical (unpaired) electrons. The van der Waals surface area contributed by atoms with Crippen LogP contribution in [0.2, 0.25) is 0 Å². The van der Waals surface area contributed by atoms with Crippen LogP contribution in [0.1, 0.15) is 11.1 Å². The fourth-order valence-electron chi connectivity index (χ4n) is 1.82.